The van der Waals surface area contributed by atoms with Crippen molar-refractivity contribution >= 4 is 35.0 Å². The minimum Gasteiger partial charge on any atom is -0.508 e. The minimum atomic E-state index is -0.675. The monoisotopic (exact) mass is 628 g/mol. The molecule has 0 spiro atoms. The number of phenols is 1. The predicted octanol–water partition coefficient (Wildman–Crippen LogP) is 5.91. The number of anilines is 2. The highest BCUT2D eigenvalue weighted by Crippen LogP contribution is 2.58. The Morgan fingerprint density at radius 3 is 1.94 bits per heavy atom. The van der Waals surface area contributed by atoms with E-state index in [9.17, 15) is 24.3 Å². The fourth-order valence-electron chi connectivity index (χ4n) is 8.68. The number of hydrogen-bond acceptors (Lipinski definition) is 6. The summed E-state index contributed by atoms with van der Waals surface area (Å²) < 4.78 is 6.05. The van der Waals surface area contributed by atoms with E-state index in [0.717, 1.165) is 40.7 Å². The van der Waals surface area contributed by atoms with E-state index in [1.54, 1.807) is 24.5 Å². The Bertz CT molecular complexity index is 1890. The van der Waals surface area contributed by atoms with Crippen LogP contribution in [0.2, 0.25) is 0 Å². The van der Waals surface area contributed by atoms with Crippen LogP contribution < -0.4 is 14.5 Å². The Morgan fingerprint density at radius 1 is 0.723 bits per heavy atom. The van der Waals surface area contributed by atoms with Crippen molar-refractivity contribution in [3.05, 3.63) is 107 Å². The average Bonchev–Trinajstić information content (AvgIpc) is 3.50. The van der Waals surface area contributed by atoms with Gasteiger partial charge in [0.05, 0.1) is 41.3 Å². The number of imide groups is 2. The molecule has 3 fully saturated rings. The quantitative estimate of drug-likeness (QED) is 0.278. The fraction of sp³-hybridized carbons (Fsp3) is 0.333. The number of phenolic OH excluding ortho intramolecular Hbond substituents is 1. The number of carbonyl (C=O) groups excluding carboxylic acids is 4. The summed E-state index contributed by atoms with van der Waals surface area (Å²) in [7, 11) is 0. The lowest BCUT2D eigenvalue weighted by Crippen LogP contribution is -2.45. The van der Waals surface area contributed by atoms with Gasteiger partial charge in [-0.2, -0.15) is 0 Å². The van der Waals surface area contributed by atoms with E-state index in [2.05, 4.69) is 19.9 Å². The zero-order chi connectivity index (χ0) is 32.6. The molecule has 8 nitrogen and oxygen atoms in total. The highest BCUT2D eigenvalue weighted by atomic mass is 16.5. The first-order valence-corrected chi connectivity index (χ1v) is 16.6. The van der Waals surface area contributed by atoms with Gasteiger partial charge in [-0.25, -0.2) is 0 Å². The maximum absolute atomic E-state index is 14.4. The Labute approximate surface area is 273 Å². The van der Waals surface area contributed by atoms with Crippen LogP contribution in [0.5, 0.6) is 11.5 Å². The Morgan fingerprint density at radius 2 is 1.32 bits per heavy atom. The molecule has 0 bridgehead atoms. The summed E-state index contributed by atoms with van der Waals surface area (Å²) in [5.41, 5.74) is 5.86. The lowest BCUT2D eigenvalue weighted by molar-refractivity contribution is -0.126. The van der Waals surface area contributed by atoms with Crippen molar-refractivity contribution in [3.8, 4) is 11.5 Å². The van der Waals surface area contributed by atoms with Crippen molar-refractivity contribution in [3.63, 3.8) is 0 Å². The van der Waals surface area contributed by atoms with Crippen molar-refractivity contribution in [1.29, 1.82) is 0 Å². The molecule has 5 aliphatic rings. The molecule has 3 aromatic rings. The summed E-state index contributed by atoms with van der Waals surface area (Å²) in [6.07, 6.45) is 6.54. The maximum atomic E-state index is 14.4. The molecule has 8 rings (SSSR count). The van der Waals surface area contributed by atoms with Crippen LogP contribution >= 0.6 is 0 Å². The van der Waals surface area contributed by atoms with Crippen LogP contribution in [-0.4, -0.2) is 28.7 Å². The third-order valence-corrected chi connectivity index (χ3v) is 11.0. The summed E-state index contributed by atoms with van der Waals surface area (Å²) in [5.74, 6) is -3.62. The van der Waals surface area contributed by atoms with Crippen LogP contribution in [0.15, 0.2) is 90.2 Å². The number of rotatable bonds is 5. The number of benzene rings is 3. The molecule has 3 aromatic carbocycles. The number of fused-ring (bicyclic) bond motifs is 5. The van der Waals surface area contributed by atoms with Crippen molar-refractivity contribution < 1.29 is 29.0 Å². The molecule has 8 heteroatoms. The Kier molecular flexibility index (Phi) is 6.93. The first-order chi connectivity index (χ1) is 22.8. The van der Waals surface area contributed by atoms with Crippen LogP contribution in [0.4, 0.5) is 11.4 Å². The van der Waals surface area contributed by atoms with Gasteiger partial charge >= 0.3 is 0 Å². The van der Waals surface area contributed by atoms with Gasteiger partial charge in [0.2, 0.25) is 23.6 Å². The van der Waals surface area contributed by atoms with Crippen LogP contribution in [0, 0.1) is 35.5 Å². The second-order valence-electron chi connectivity index (χ2n) is 13.4. The third-order valence-electron chi connectivity index (χ3n) is 11.0. The molecule has 0 unspecified atom stereocenters. The number of hydrogen-bond donors (Lipinski definition) is 1. The van der Waals surface area contributed by atoms with E-state index in [4.69, 9.17) is 4.74 Å². The summed E-state index contributed by atoms with van der Waals surface area (Å²) >= 11 is 0. The molecule has 0 radical (unpaired) electrons. The molecule has 1 N–H and O–H groups in total. The van der Waals surface area contributed by atoms with Gasteiger partial charge in [0, 0.05) is 17.9 Å². The first-order valence-electron chi connectivity index (χ1n) is 16.6. The molecule has 2 aliphatic carbocycles. The van der Waals surface area contributed by atoms with Gasteiger partial charge in [0.1, 0.15) is 11.5 Å². The minimum absolute atomic E-state index is 0.115. The van der Waals surface area contributed by atoms with Gasteiger partial charge in [0.15, 0.2) is 0 Å². The Hall–Kier alpha value is -4.98. The number of carbonyl (C=O) groups is 4. The van der Waals surface area contributed by atoms with E-state index in [0.29, 0.717) is 36.4 Å². The van der Waals surface area contributed by atoms with E-state index in [1.807, 2.05) is 48.5 Å². The number of amides is 4. The predicted molar refractivity (Wildman–Crippen MR) is 175 cm³/mol. The van der Waals surface area contributed by atoms with E-state index < -0.39 is 29.6 Å². The van der Waals surface area contributed by atoms with Crippen molar-refractivity contribution in [2.45, 2.75) is 46.0 Å². The summed E-state index contributed by atoms with van der Waals surface area (Å²) in [6, 6.07) is 20.0. The summed E-state index contributed by atoms with van der Waals surface area (Å²) in [6.45, 7) is 4.11. The van der Waals surface area contributed by atoms with E-state index in [1.165, 1.54) is 9.80 Å². The maximum Gasteiger partial charge on any atom is 0.238 e. The smallest absolute Gasteiger partial charge is 0.238 e. The molecule has 238 valence electrons. The zero-order valence-electron chi connectivity index (χ0n) is 26.4. The number of aromatic hydroxyl groups is 1. The zero-order valence-corrected chi connectivity index (χ0v) is 26.4. The van der Waals surface area contributed by atoms with E-state index in [-0.39, 0.29) is 35.3 Å². The van der Waals surface area contributed by atoms with Crippen LogP contribution in [-0.2, 0) is 38.4 Å². The number of nitrogens with zero attached hydrogens (tertiary/aromatic N) is 2. The molecule has 1 saturated carbocycles. The molecule has 3 heterocycles. The highest BCUT2D eigenvalue weighted by molar-refractivity contribution is 6.24. The molecular formula is C39H36N2O6. The highest BCUT2D eigenvalue weighted by Gasteiger charge is 2.62. The van der Waals surface area contributed by atoms with Gasteiger partial charge < -0.3 is 9.84 Å². The Balaban J connectivity index is 1.20. The molecule has 2 saturated heterocycles. The summed E-state index contributed by atoms with van der Waals surface area (Å²) in [5, 5.41) is 10.2. The standard InChI is InChI=1S/C39H36N2O6/c1-3-21-5-9-25(10-6-21)40-36(43)29-15-14-28-30(34(29)38(40)45)19-31-35(33(28)24-17-23-18-27(42)13-16-32(23)47-20-24)39(46)41(37(31)44)26-11-7-22(4-2)8-12-26/h5-14,16,18,20,29-31,33-35,42H,3-4,15,17,19H2,1-2H3/t29-,30+,31+,33-,34-,35+/m0/s1. The SMILES string of the molecule is CCc1ccc(N2C(=O)[C@H]3[C@H](CC=C4[C@H](C5=COc6ccc(O)cc6C5)[C@@H]5C(=O)N(c6ccc(CC)cc6)C(=O)[C@@H]5C[C@H]43)C2=O)cc1. The molecule has 4 amide bonds. The average molecular weight is 629 g/mol. The number of aryl methyl sites for hydroxylation is 2. The number of ether oxygens (including phenoxy) is 1. The van der Waals surface area contributed by atoms with Crippen molar-refractivity contribution in [2.75, 3.05) is 9.80 Å². The van der Waals surface area contributed by atoms with Gasteiger partial charge in [-0.05, 0) is 90.8 Å². The van der Waals surface area contributed by atoms with Crippen molar-refractivity contribution in [1.82, 2.24) is 0 Å². The lowest BCUT2D eigenvalue weighted by Gasteiger charge is -2.45. The van der Waals surface area contributed by atoms with Gasteiger partial charge in [0.25, 0.3) is 0 Å². The lowest BCUT2D eigenvalue weighted by atomic mass is 9.56. The fourth-order valence-corrected chi connectivity index (χ4v) is 8.68. The second kappa shape index (κ2) is 11.1. The third kappa shape index (κ3) is 4.48. The topological polar surface area (TPSA) is 104 Å². The number of allylic oxidation sites excluding steroid dienone is 3. The largest absolute Gasteiger partial charge is 0.508 e. The van der Waals surface area contributed by atoms with E-state index >= 15 is 0 Å². The van der Waals surface area contributed by atoms with Crippen LogP contribution in [0.1, 0.15) is 43.4 Å². The van der Waals surface area contributed by atoms with Gasteiger partial charge in [-0.3, -0.25) is 29.0 Å². The van der Waals surface area contributed by atoms with Gasteiger partial charge in [-0.15, -0.1) is 0 Å². The van der Waals surface area contributed by atoms with Crippen LogP contribution in [0.3, 0.4) is 0 Å². The van der Waals surface area contributed by atoms with Crippen LogP contribution in [0.25, 0.3) is 0 Å². The molecule has 3 aliphatic heterocycles. The summed E-state index contributed by atoms with van der Waals surface area (Å²) in [4.78, 5) is 59.5. The molecule has 0 aromatic heterocycles. The molecular weight excluding hydrogens is 592 g/mol. The second-order valence-corrected chi connectivity index (χ2v) is 13.4. The molecule has 47 heavy (non-hydrogen) atoms. The normalized spacial score (nSPS) is 27.9. The molecule has 6 atom stereocenters. The van der Waals surface area contributed by atoms with Crippen molar-refractivity contribution in [2.24, 2.45) is 35.5 Å². The first kappa shape index (κ1) is 29.4. The van der Waals surface area contributed by atoms with Gasteiger partial charge in [-0.1, -0.05) is 49.8 Å².